The molecule has 0 radical (unpaired) electrons. The van der Waals surface area contributed by atoms with Crippen LogP contribution in [0.3, 0.4) is 0 Å². The van der Waals surface area contributed by atoms with E-state index in [1.165, 1.54) is 6.42 Å². The lowest BCUT2D eigenvalue weighted by Gasteiger charge is -2.12. The summed E-state index contributed by atoms with van der Waals surface area (Å²) < 4.78 is 8.46. The number of hydrogen-bond acceptors (Lipinski definition) is 4. The SMILES string of the molecule is C1CNNNC1.O=PO. The fraction of sp³-hybridized carbons (Fsp3) is 1.00. The van der Waals surface area contributed by atoms with Crippen LogP contribution in [0.2, 0.25) is 0 Å². The van der Waals surface area contributed by atoms with Crippen LogP contribution in [0.15, 0.2) is 0 Å². The molecule has 1 rings (SSSR count). The Morgan fingerprint density at radius 3 is 1.89 bits per heavy atom. The van der Waals surface area contributed by atoms with Gasteiger partial charge in [0.1, 0.15) is 0 Å². The number of nitrogens with one attached hydrogen (secondary N) is 3. The van der Waals surface area contributed by atoms with Gasteiger partial charge in [-0.05, 0) is 6.42 Å². The van der Waals surface area contributed by atoms with Crippen LogP contribution in [0.25, 0.3) is 0 Å². The van der Waals surface area contributed by atoms with Gasteiger partial charge in [-0.15, -0.1) is 0 Å². The molecule has 0 bridgehead atoms. The molecule has 9 heavy (non-hydrogen) atoms. The highest BCUT2D eigenvalue weighted by Crippen LogP contribution is 1.71. The molecule has 1 fully saturated rings. The molecule has 6 heteroatoms. The minimum Gasteiger partial charge on any atom is -0.310 e. The van der Waals surface area contributed by atoms with Gasteiger partial charge in [0.2, 0.25) is 0 Å². The summed E-state index contributed by atoms with van der Waals surface area (Å²) in [5.41, 5.74) is 8.63. The predicted molar refractivity (Wildman–Crippen MR) is 33.6 cm³/mol. The van der Waals surface area contributed by atoms with Crippen LogP contribution in [-0.2, 0) is 4.57 Å². The van der Waals surface area contributed by atoms with Crippen LogP contribution in [0, 0.1) is 0 Å². The van der Waals surface area contributed by atoms with Crippen LogP contribution < -0.4 is 16.4 Å². The van der Waals surface area contributed by atoms with Gasteiger partial charge in [0.25, 0.3) is 0 Å². The maximum Gasteiger partial charge on any atom is 0.324 e. The lowest BCUT2D eigenvalue weighted by atomic mass is 10.4. The summed E-state index contributed by atoms with van der Waals surface area (Å²) >= 11 is 0. The molecule has 5 nitrogen and oxygen atoms in total. The Bertz CT molecular complexity index is 56.6. The monoisotopic (exact) mass is 151 g/mol. The standard InChI is InChI=1S/C3H9N3.HO2P/c1-2-4-6-5-3-1;1-3-2/h4-6H,1-3H2;(H,1,2). The van der Waals surface area contributed by atoms with Crippen molar-refractivity contribution >= 4 is 8.69 Å². The van der Waals surface area contributed by atoms with Gasteiger partial charge < -0.3 is 4.89 Å². The van der Waals surface area contributed by atoms with Crippen molar-refractivity contribution in [3.8, 4) is 0 Å². The third kappa shape index (κ3) is 7.94. The topological polar surface area (TPSA) is 73.4 Å². The second-order valence-corrected chi connectivity index (χ2v) is 1.58. The molecule has 0 aliphatic carbocycles. The molecule has 0 spiro atoms. The van der Waals surface area contributed by atoms with E-state index in [9.17, 15) is 0 Å². The number of rotatable bonds is 0. The first-order chi connectivity index (χ1) is 4.41. The van der Waals surface area contributed by atoms with Crippen molar-refractivity contribution in [3.05, 3.63) is 0 Å². The van der Waals surface area contributed by atoms with E-state index in [1.807, 2.05) is 0 Å². The third-order valence-corrected chi connectivity index (χ3v) is 0.780. The Kier molecular flexibility index (Phi) is 7.89. The number of hydrogen-bond donors (Lipinski definition) is 4. The van der Waals surface area contributed by atoms with Gasteiger partial charge >= 0.3 is 8.69 Å². The highest BCUT2D eigenvalue weighted by molar-refractivity contribution is 7.16. The highest BCUT2D eigenvalue weighted by atomic mass is 31.1. The fourth-order valence-electron chi connectivity index (χ4n) is 0.453. The van der Waals surface area contributed by atoms with Crippen molar-refractivity contribution < 1.29 is 9.46 Å². The molecule has 4 N–H and O–H groups in total. The second kappa shape index (κ2) is 7.94. The van der Waals surface area contributed by atoms with E-state index in [0.717, 1.165) is 13.1 Å². The molecule has 1 aliphatic rings. The smallest absolute Gasteiger partial charge is 0.310 e. The Hall–Kier alpha value is -0.0600. The van der Waals surface area contributed by atoms with E-state index in [1.54, 1.807) is 0 Å². The summed E-state index contributed by atoms with van der Waals surface area (Å²) in [7, 11) is -0.833. The Morgan fingerprint density at radius 2 is 1.78 bits per heavy atom. The van der Waals surface area contributed by atoms with E-state index in [4.69, 9.17) is 9.46 Å². The largest absolute Gasteiger partial charge is 0.324 e. The first-order valence-electron chi connectivity index (χ1n) is 2.59. The van der Waals surface area contributed by atoms with Crippen molar-refractivity contribution in [1.29, 1.82) is 0 Å². The van der Waals surface area contributed by atoms with Gasteiger partial charge in [-0.1, -0.05) is 0 Å². The zero-order chi connectivity index (χ0) is 6.95. The predicted octanol–water partition coefficient (Wildman–Crippen LogP) is -0.826. The van der Waals surface area contributed by atoms with E-state index >= 15 is 0 Å². The molecule has 0 aromatic rings. The quantitative estimate of drug-likeness (QED) is 0.340. The molecule has 0 atom stereocenters. The van der Waals surface area contributed by atoms with E-state index in [-0.39, 0.29) is 0 Å². The Balaban J connectivity index is 0.000000187. The Morgan fingerprint density at radius 1 is 1.33 bits per heavy atom. The zero-order valence-electron chi connectivity index (χ0n) is 4.92. The summed E-state index contributed by atoms with van der Waals surface area (Å²) in [5, 5.41) is 0. The van der Waals surface area contributed by atoms with Gasteiger partial charge in [0.15, 0.2) is 0 Å². The molecule has 0 aromatic carbocycles. The molecule has 0 unspecified atom stereocenters. The van der Waals surface area contributed by atoms with Crippen LogP contribution in [0.5, 0.6) is 0 Å². The summed E-state index contributed by atoms with van der Waals surface area (Å²) in [5.74, 6) is 0. The third-order valence-electron chi connectivity index (χ3n) is 0.780. The maximum absolute atomic E-state index is 8.46. The minimum absolute atomic E-state index is 0.833. The van der Waals surface area contributed by atoms with Crippen molar-refractivity contribution in [1.82, 2.24) is 16.4 Å². The van der Waals surface area contributed by atoms with E-state index in [0.29, 0.717) is 0 Å². The molecule has 0 aromatic heterocycles. The first-order valence-corrected chi connectivity index (χ1v) is 3.35. The minimum atomic E-state index is -0.833. The molecule has 0 amide bonds. The molecule has 1 heterocycles. The normalized spacial score (nSPS) is 18.3. The van der Waals surface area contributed by atoms with Crippen molar-refractivity contribution in [2.24, 2.45) is 0 Å². The summed E-state index contributed by atoms with van der Waals surface area (Å²) in [6, 6.07) is 0. The van der Waals surface area contributed by atoms with Crippen LogP contribution in [0.4, 0.5) is 0 Å². The molecular formula is C3H10N3O2P. The summed E-state index contributed by atoms with van der Waals surface area (Å²) in [4.78, 5) is 6.99. The van der Waals surface area contributed by atoms with Gasteiger partial charge in [0.05, 0.1) is 0 Å². The van der Waals surface area contributed by atoms with E-state index < -0.39 is 8.69 Å². The maximum atomic E-state index is 8.46. The van der Waals surface area contributed by atoms with Crippen LogP contribution >= 0.6 is 8.69 Å². The number of hydrazine groups is 2. The molecule has 54 valence electrons. The second-order valence-electron chi connectivity index (χ2n) is 1.41. The molecule has 1 saturated heterocycles. The van der Waals surface area contributed by atoms with Gasteiger partial charge in [-0.25, -0.2) is 15.4 Å². The fourth-order valence-corrected chi connectivity index (χ4v) is 0.453. The van der Waals surface area contributed by atoms with Crippen molar-refractivity contribution in [2.45, 2.75) is 6.42 Å². The lowest BCUT2D eigenvalue weighted by molar-refractivity contribution is 0.372. The van der Waals surface area contributed by atoms with Gasteiger partial charge in [-0.2, -0.15) is 5.53 Å². The van der Waals surface area contributed by atoms with Crippen LogP contribution in [0.1, 0.15) is 6.42 Å². The first kappa shape index (κ1) is 8.94. The average molecular weight is 151 g/mol. The molecule has 1 aliphatic heterocycles. The van der Waals surface area contributed by atoms with Crippen molar-refractivity contribution in [3.63, 3.8) is 0 Å². The van der Waals surface area contributed by atoms with Crippen molar-refractivity contribution in [2.75, 3.05) is 13.1 Å². The van der Waals surface area contributed by atoms with Gasteiger partial charge in [0, 0.05) is 13.1 Å². The van der Waals surface area contributed by atoms with Gasteiger partial charge in [-0.3, -0.25) is 0 Å². The summed E-state index contributed by atoms with van der Waals surface area (Å²) in [6.45, 7) is 2.15. The zero-order valence-corrected chi connectivity index (χ0v) is 5.82. The highest BCUT2D eigenvalue weighted by Gasteiger charge is 1.90. The average Bonchev–Trinajstić information content (AvgIpc) is 1.93. The molecule has 0 saturated carbocycles. The molecular weight excluding hydrogens is 141 g/mol. The lowest BCUT2D eigenvalue weighted by Crippen LogP contribution is -2.49. The van der Waals surface area contributed by atoms with Crippen LogP contribution in [-0.4, -0.2) is 18.0 Å². The summed E-state index contributed by atoms with van der Waals surface area (Å²) in [6.07, 6.45) is 1.22. The van der Waals surface area contributed by atoms with E-state index in [2.05, 4.69) is 16.4 Å². The Labute approximate surface area is 55.1 Å².